The van der Waals surface area contributed by atoms with Gasteiger partial charge in [-0.15, -0.1) is 0 Å². The topological polar surface area (TPSA) is 124 Å². The Hall–Kier alpha value is -0.220. The molecule has 0 heterocycles. The summed E-state index contributed by atoms with van der Waals surface area (Å²) in [6.07, 6.45) is -1.31. The maximum absolute atomic E-state index is 11.6. The minimum absolute atomic E-state index is 0.0670. The number of hydrogen-bond acceptors (Lipinski definition) is 4. The number of carbonyl (C=O) groups is 3. The zero-order valence-corrected chi connectivity index (χ0v) is 16.8. The standard InChI is InChI=1S/C11H8I3NO6/c1-2(16)9(17)15-8-6(13)3(10(18)19)5(12)4(7(8)14)11(20)21/h2,16H,1H3,(H,15,17)(H,18,19)(H,20,21)/t2-/m1/s1. The highest BCUT2D eigenvalue weighted by atomic mass is 127. The van der Waals surface area contributed by atoms with Crippen LogP contribution in [0.5, 0.6) is 0 Å². The van der Waals surface area contributed by atoms with Gasteiger partial charge in [-0.05, 0) is 74.7 Å². The van der Waals surface area contributed by atoms with E-state index in [0.717, 1.165) is 0 Å². The molecule has 0 spiro atoms. The fourth-order valence-electron chi connectivity index (χ4n) is 1.38. The van der Waals surface area contributed by atoms with Crippen molar-refractivity contribution in [2.24, 2.45) is 0 Å². The predicted octanol–water partition coefficient (Wildman–Crippen LogP) is 2.22. The third-order valence-electron chi connectivity index (χ3n) is 2.37. The van der Waals surface area contributed by atoms with E-state index in [1.807, 2.05) is 0 Å². The summed E-state index contributed by atoms with van der Waals surface area (Å²) in [6.45, 7) is 1.25. The molecule has 1 aromatic carbocycles. The molecular weight excluding hydrogens is 623 g/mol. The average molecular weight is 631 g/mol. The zero-order valence-electron chi connectivity index (χ0n) is 10.3. The Bertz CT molecular complexity index is 602. The van der Waals surface area contributed by atoms with Gasteiger partial charge in [0.1, 0.15) is 6.10 Å². The van der Waals surface area contributed by atoms with Gasteiger partial charge in [-0.2, -0.15) is 0 Å². The summed E-state index contributed by atoms with van der Waals surface area (Å²) in [5.74, 6) is -3.34. The number of aliphatic hydroxyl groups is 1. The fraction of sp³-hybridized carbons (Fsp3) is 0.182. The van der Waals surface area contributed by atoms with Crippen LogP contribution in [0.3, 0.4) is 0 Å². The van der Waals surface area contributed by atoms with E-state index in [1.165, 1.54) is 6.92 Å². The summed E-state index contributed by atoms with van der Waals surface area (Å²) in [4.78, 5) is 34.3. The maximum Gasteiger partial charge on any atom is 0.337 e. The average Bonchev–Trinajstić information content (AvgIpc) is 2.32. The molecule has 0 saturated carbocycles. The monoisotopic (exact) mass is 631 g/mol. The van der Waals surface area contributed by atoms with Gasteiger partial charge in [0.05, 0.1) is 24.0 Å². The van der Waals surface area contributed by atoms with Gasteiger partial charge in [-0.1, -0.05) is 0 Å². The molecule has 0 aliphatic heterocycles. The number of carboxylic acid groups (broad SMARTS) is 2. The normalized spacial score (nSPS) is 11.9. The van der Waals surface area contributed by atoms with Crippen LogP contribution in [0, 0.1) is 10.7 Å². The number of anilines is 1. The number of nitrogens with one attached hydrogen (secondary N) is 1. The van der Waals surface area contributed by atoms with E-state index in [4.69, 9.17) is 0 Å². The van der Waals surface area contributed by atoms with Gasteiger partial charge in [0, 0.05) is 3.57 Å². The molecule has 0 aliphatic rings. The summed E-state index contributed by atoms with van der Waals surface area (Å²) in [6, 6.07) is 0. The molecule has 10 heteroatoms. The van der Waals surface area contributed by atoms with Gasteiger partial charge in [0.2, 0.25) is 0 Å². The molecule has 4 N–H and O–H groups in total. The van der Waals surface area contributed by atoms with Crippen LogP contribution in [0.15, 0.2) is 0 Å². The number of carbonyl (C=O) groups excluding carboxylic acids is 1. The lowest BCUT2D eigenvalue weighted by Crippen LogP contribution is -2.27. The highest BCUT2D eigenvalue weighted by molar-refractivity contribution is 14.1. The summed E-state index contributed by atoms with van der Waals surface area (Å²) in [7, 11) is 0. The maximum atomic E-state index is 11.6. The van der Waals surface area contributed by atoms with Gasteiger partial charge >= 0.3 is 11.9 Å². The van der Waals surface area contributed by atoms with Crippen molar-refractivity contribution in [3.63, 3.8) is 0 Å². The van der Waals surface area contributed by atoms with E-state index in [1.54, 1.807) is 67.8 Å². The summed E-state index contributed by atoms with van der Waals surface area (Å²) in [5.41, 5.74) is -0.331. The molecule has 1 amide bonds. The van der Waals surface area contributed by atoms with E-state index in [0.29, 0.717) is 0 Å². The molecule has 1 rings (SSSR count). The number of benzene rings is 1. The summed E-state index contributed by atoms with van der Waals surface area (Å²) < 4.78 is 0.484. The molecule has 0 fully saturated rings. The van der Waals surface area contributed by atoms with Gasteiger partial charge in [-0.3, -0.25) is 4.79 Å². The summed E-state index contributed by atoms with van der Waals surface area (Å²) >= 11 is 5.10. The van der Waals surface area contributed by atoms with Gasteiger partial charge in [0.25, 0.3) is 5.91 Å². The molecule has 0 radical (unpaired) electrons. The lowest BCUT2D eigenvalue weighted by molar-refractivity contribution is -0.123. The molecule has 1 aromatic rings. The quantitative estimate of drug-likeness (QED) is 0.379. The van der Waals surface area contributed by atoms with Gasteiger partial charge < -0.3 is 20.6 Å². The smallest absolute Gasteiger partial charge is 0.337 e. The number of aromatic carboxylic acids is 2. The van der Waals surface area contributed by atoms with E-state index in [9.17, 15) is 29.7 Å². The second-order valence-electron chi connectivity index (χ2n) is 3.84. The van der Waals surface area contributed by atoms with Crippen molar-refractivity contribution in [2.75, 3.05) is 5.32 Å². The number of amides is 1. The lowest BCUT2D eigenvalue weighted by Gasteiger charge is -2.17. The Balaban J connectivity index is 3.67. The Kier molecular flexibility index (Phi) is 6.60. The van der Waals surface area contributed by atoms with E-state index < -0.39 is 23.9 Å². The van der Waals surface area contributed by atoms with Crippen molar-refractivity contribution < 1.29 is 29.7 Å². The predicted molar refractivity (Wildman–Crippen MR) is 98.8 cm³/mol. The van der Waals surface area contributed by atoms with Gasteiger partial charge in [0.15, 0.2) is 0 Å². The second-order valence-corrected chi connectivity index (χ2v) is 7.08. The Morgan fingerprint density at radius 2 is 1.33 bits per heavy atom. The third-order valence-corrected chi connectivity index (χ3v) is 5.61. The fourth-order valence-corrected chi connectivity index (χ4v) is 5.74. The van der Waals surface area contributed by atoms with Crippen LogP contribution in [0.4, 0.5) is 5.69 Å². The first-order valence-corrected chi connectivity index (χ1v) is 8.49. The van der Waals surface area contributed by atoms with Crippen molar-refractivity contribution in [2.45, 2.75) is 13.0 Å². The van der Waals surface area contributed by atoms with E-state index in [-0.39, 0.29) is 27.5 Å². The molecule has 0 unspecified atom stereocenters. The number of rotatable bonds is 4. The van der Waals surface area contributed by atoms with Crippen LogP contribution in [0.2, 0.25) is 0 Å². The Morgan fingerprint density at radius 3 is 1.62 bits per heavy atom. The molecule has 0 aromatic heterocycles. The second kappa shape index (κ2) is 7.36. The zero-order chi connectivity index (χ0) is 16.5. The van der Waals surface area contributed by atoms with Crippen LogP contribution < -0.4 is 5.32 Å². The molecule has 7 nitrogen and oxygen atoms in total. The minimum atomic E-state index is -1.31. The SMILES string of the molecule is C[C@@H](O)C(=O)Nc1c(I)c(C(=O)O)c(I)c(C(=O)O)c1I. The first-order valence-electron chi connectivity index (χ1n) is 5.25. The first-order chi connectivity index (χ1) is 9.59. The highest BCUT2D eigenvalue weighted by Crippen LogP contribution is 2.35. The molecule has 114 valence electrons. The molecular formula is C11H8I3NO6. The molecule has 1 atom stereocenters. The van der Waals surface area contributed by atoms with Gasteiger partial charge in [-0.25, -0.2) is 9.59 Å². The van der Waals surface area contributed by atoms with Crippen molar-refractivity contribution in [3.05, 3.63) is 21.8 Å². The number of hydrogen-bond donors (Lipinski definition) is 4. The third kappa shape index (κ3) is 3.95. The molecule has 21 heavy (non-hydrogen) atoms. The van der Waals surface area contributed by atoms with Crippen molar-refractivity contribution >= 4 is 91.3 Å². The first kappa shape index (κ1) is 18.8. The summed E-state index contributed by atoms with van der Waals surface area (Å²) in [5, 5.41) is 30.1. The molecule has 0 saturated heterocycles. The van der Waals surface area contributed by atoms with Crippen LogP contribution in [0.1, 0.15) is 27.6 Å². The Morgan fingerprint density at radius 1 is 0.952 bits per heavy atom. The number of halogens is 3. The number of aliphatic hydroxyl groups excluding tert-OH is 1. The van der Waals surface area contributed by atoms with Crippen LogP contribution in [-0.2, 0) is 4.79 Å². The van der Waals surface area contributed by atoms with Crippen LogP contribution in [-0.4, -0.2) is 39.3 Å². The number of carboxylic acids is 2. The lowest BCUT2D eigenvalue weighted by atomic mass is 10.1. The largest absolute Gasteiger partial charge is 0.478 e. The molecule has 0 aliphatic carbocycles. The van der Waals surface area contributed by atoms with Crippen molar-refractivity contribution in [1.82, 2.24) is 0 Å². The highest BCUT2D eigenvalue weighted by Gasteiger charge is 2.28. The van der Waals surface area contributed by atoms with Crippen LogP contribution in [0.25, 0.3) is 0 Å². The van der Waals surface area contributed by atoms with Crippen molar-refractivity contribution in [3.8, 4) is 0 Å². The Labute approximate surface area is 159 Å². The van der Waals surface area contributed by atoms with E-state index >= 15 is 0 Å². The van der Waals surface area contributed by atoms with E-state index in [2.05, 4.69) is 5.32 Å². The van der Waals surface area contributed by atoms with Crippen LogP contribution >= 0.6 is 67.8 Å². The minimum Gasteiger partial charge on any atom is -0.478 e. The van der Waals surface area contributed by atoms with Crippen molar-refractivity contribution in [1.29, 1.82) is 0 Å². The molecule has 0 bridgehead atoms.